The number of hydrogen-bond donors (Lipinski definition) is 1. The molecule has 15 heavy (non-hydrogen) atoms. The second-order valence-corrected chi connectivity index (χ2v) is 2.78. The van der Waals surface area contributed by atoms with Crippen LogP contribution in [-0.2, 0) is 4.79 Å². The number of carboxylic acid groups (broad SMARTS) is 1. The van der Waals surface area contributed by atoms with Crippen LogP contribution in [0.5, 0.6) is 5.75 Å². The molecular formula is C11H10O4. The van der Waals surface area contributed by atoms with Crippen molar-refractivity contribution in [3.05, 3.63) is 35.4 Å². The van der Waals surface area contributed by atoms with Gasteiger partial charge in [-0.05, 0) is 29.8 Å². The number of aliphatic carboxylic acids is 1. The molecule has 1 aromatic rings. The largest absolute Gasteiger partial charge is 0.497 e. The normalized spacial score (nSPS) is 10.2. The number of ether oxygens (including phenoxy) is 1. The molecule has 0 unspecified atom stereocenters. The summed E-state index contributed by atoms with van der Waals surface area (Å²) in [6.07, 6.45) is 3.00. The Morgan fingerprint density at radius 3 is 2.67 bits per heavy atom. The van der Waals surface area contributed by atoms with Gasteiger partial charge in [0.25, 0.3) is 0 Å². The first-order valence-corrected chi connectivity index (χ1v) is 4.21. The van der Waals surface area contributed by atoms with Gasteiger partial charge in [0.15, 0.2) is 6.29 Å². The highest BCUT2D eigenvalue weighted by atomic mass is 16.5. The molecule has 1 rings (SSSR count). The zero-order valence-electron chi connectivity index (χ0n) is 8.14. The molecule has 0 fully saturated rings. The summed E-state index contributed by atoms with van der Waals surface area (Å²) in [5.41, 5.74) is 0.944. The molecule has 0 amide bonds. The SMILES string of the molecule is COc1ccc(C=O)c(C=CC(=O)O)c1. The Bertz CT molecular complexity index is 407. The van der Waals surface area contributed by atoms with Crippen LogP contribution < -0.4 is 4.74 Å². The third kappa shape index (κ3) is 2.95. The van der Waals surface area contributed by atoms with Gasteiger partial charge in [-0.25, -0.2) is 4.79 Å². The third-order valence-corrected chi connectivity index (χ3v) is 1.83. The topological polar surface area (TPSA) is 63.6 Å². The first-order chi connectivity index (χ1) is 7.17. The average molecular weight is 206 g/mol. The number of carboxylic acids is 1. The first-order valence-electron chi connectivity index (χ1n) is 4.21. The minimum absolute atomic E-state index is 0.424. The summed E-state index contributed by atoms with van der Waals surface area (Å²) < 4.78 is 4.96. The number of methoxy groups -OCH3 is 1. The average Bonchev–Trinajstić information content (AvgIpc) is 2.25. The Labute approximate surface area is 86.8 Å². The van der Waals surface area contributed by atoms with Gasteiger partial charge in [0.1, 0.15) is 5.75 Å². The van der Waals surface area contributed by atoms with E-state index in [1.165, 1.54) is 13.2 Å². The van der Waals surface area contributed by atoms with Crippen LogP contribution in [-0.4, -0.2) is 24.5 Å². The monoisotopic (exact) mass is 206 g/mol. The number of rotatable bonds is 4. The predicted octanol–water partition coefficient (Wildman–Crippen LogP) is 1.61. The van der Waals surface area contributed by atoms with E-state index in [0.29, 0.717) is 23.2 Å². The van der Waals surface area contributed by atoms with Crippen molar-refractivity contribution in [1.29, 1.82) is 0 Å². The van der Waals surface area contributed by atoms with Crippen LogP contribution in [0.1, 0.15) is 15.9 Å². The van der Waals surface area contributed by atoms with E-state index >= 15 is 0 Å². The first kappa shape index (κ1) is 11.0. The predicted molar refractivity (Wildman–Crippen MR) is 55.1 cm³/mol. The summed E-state index contributed by atoms with van der Waals surface area (Å²) in [6.45, 7) is 0. The van der Waals surface area contributed by atoms with E-state index in [4.69, 9.17) is 9.84 Å². The van der Waals surface area contributed by atoms with Crippen LogP contribution in [0.3, 0.4) is 0 Å². The maximum Gasteiger partial charge on any atom is 0.328 e. The Morgan fingerprint density at radius 1 is 1.40 bits per heavy atom. The van der Waals surface area contributed by atoms with E-state index in [1.54, 1.807) is 18.2 Å². The van der Waals surface area contributed by atoms with E-state index in [0.717, 1.165) is 6.08 Å². The van der Waals surface area contributed by atoms with Crippen molar-refractivity contribution in [2.24, 2.45) is 0 Å². The van der Waals surface area contributed by atoms with Gasteiger partial charge in [-0.2, -0.15) is 0 Å². The Balaban J connectivity index is 3.11. The zero-order chi connectivity index (χ0) is 11.3. The molecule has 0 heterocycles. The number of carbonyl (C=O) groups is 2. The van der Waals surface area contributed by atoms with E-state index < -0.39 is 5.97 Å². The fraction of sp³-hybridized carbons (Fsp3) is 0.0909. The van der Waals surface area contributed by atoms with Gasteiger partial charge >= 0.3 is 5.97 Å². The summed E-state index contributed by atoms with van der Waals surface area (Å²) in [5, 5.41) is 8.46. The van der Waals surface area contributed by atoms with Gasteiger partial charge in [0.05, 0.1) is 7.11 Å². The lowest BCUT2D eigenvalue weighted by Gasteiger charge is -2.02. The molecule has 78 valence electrons. The lowest BCUT2D eigenvalue weighted by molar-refractivity contribution is -0.131. The highest BCUT2D eigenvalue weighted by molar-refractivity contribution is 5.89. The quantitative estimate of drug-likeness (QED) is 0.600. The molecule has 0 radical (unpaired) electrons. The lowest BCUT2D eigenvalue weighted by atomic mass is 10.1. The standard InChI is InChI=1S/C11H10O4/c1-15-10-4-2-9(7-12)8(6-10)3-5-11(13)14/h2-7H,1H3,(H,13,14). The molecule has 4 nitrogen and oxygen atoms in total. The molecule has 0 aliphatic heterocycles. The van der Waals surface area contributed by atoms with E-state index in [1.807, 2.05) is 0 Å². The fourth-order valence-corrected chi connectivity index (χ4v) is 1.09. The second kappa shape index (κ2) is 4.95. The lowest BCUT2D eigenvalue weighted by Crippen LogP contribution is -1.91. The van der Waals surface area contributed by atoms with Crippen LogP contribution in [0, 0.1) is 0 Å². The molecular weight excluding hydrogens is 196 g/mol. The van der Waals surface area contributed by atoms with E-state index in [2.05, 4.69) is 0 Å². The van der Waals surface area contributed by atoms with Crippen molar-refractivity contribution in [3.8, 4) is 5.75 Å². The van der Waals surface area contributed by atoms with Crippen LogP contribution >= 0.6 is 0 Å². The minimum atomic E-state index is -1.06. The zero-order valence-corrected chi connectivity index (χ0v) is 8.14. The van der Waals surface area contributed by atoms with Gasteiger partial charge in [0, 0.05) is 11.6 Å². The molecule has 0 aromatic heterocycles. The fourth-order valence-electron chi connectivity index (χ4n) is 1.09. The van der Waals surface area contributed by atoms with Crippen LogP contribution in [0.25, 0.3) is 6.08 Å². The Hall–Kier alpha value is -2.10. The molecule has 0 atom stereocenters. The maximum atomic E-state index is 10.6. The highest BCUT2D eigenvalue weighted by Crippen LogP contribution is 2.17. The molecule has 1 N–H and O–H groups in total. The smallest absolute Gasteiger partial charge is 0.328 e. The van der Waals surface area contributed by atoms with Crippen molar-refractivity contribution in [1.82, 2.24) is 0 Å². The summed E-state index contributed by atoms with van der Waals surface area (Å²) in [6, 6.07) is 4.82. The van der Waals surface area contributed by atoms with Gasteiger partial charge in [0.2, 0.25) is 0 Å². The van der Waals surface area contributed by atoms with Crippen LogP contribution in [0.4, 0.5) is 0 Å². The molecule has 1 aromatic carbocycles. The number of carbonyl (C=O) groups excluding carboxylic acids is 1. The van der Waals surface area contributed by atoms with Gasteiger partial charge in [-0.15, -0.1) is 0 Å². The van der Waals surface area contributed by atoms with Gasteiger partial charge in [-0.3, -0.25) is 4.79 Å². The molecule has 0 saturated heterocycles. The summed E-state index contributed by atoms with van der Waals surface area (Å²) in [4.78, 5) is 21.0. The molecule has 4 heteroatoms. The van der Waals surface area contributed by atoms with Crippen molar-refractivity contribution in [2.75, 3.05) is 7.11 Å². The Kier molecular flexibility index (Phi) is 3.62. The number of aldehydes is 1. The van der Waals surface area contributed by atoms with E-state index in [-0.39, 0.29) is 0 Å². The Morgan fingerprint density at radius 2 is 2.13 bits per heavy atom. The molecule has 0 spiro atoms. The van der Waals surface area contributed by atoms with Crippen molar-refractivity contribution in [2.45, 2.75) is 0 Å². The van der Waals surface area contributed by atoms with Crippen molar-refractivity contribution >= 4 is 18.3 Å². The van der Waals surface area contributed by atoms with Crippen LogP contribution in [0.2, 0.25) is 0 Å². The molecule has 0 bridgehead atoms. The van der Waals surface area contributed by atoms with E-state index in [9.17, 15) is 9.59 Å². The summed E-state index contributed by atoms with van der Waals surface area (Å²) in [5.74, 6) is -0.486. The second-order valence-electron chi connectivity index (χ2n) is 2.78. The molecule has 0 aliphatic rings. The van der Waals surface area contributed by atoms with Crippen molar-refractivity contribution < 1.29 is 19.4 Å². The minimum Gasteiger partial charge on any atom is -0.497 e. The summed E-state index contributed by atoms with van der Waals surface area (Å²) in [7, 11) is 1.50. The molecule has 0 saturated carbocycles. The number of hydrogen-bond acceptors (Lipinski definition) is 3. The van der Waals surface area contributed by atoms with Crippen molar-refractivity contribution in [3.63, 3.8) is 0 Å². The van der Waals surface area contributed by atoms with Gasteiger partial charge in [-0.1, -0.05) is 0 Å². The third-order valence-electron chi connectivity index (χ3n) is 1.83. The molecule has 0 aliphatic carbocycles. The van der Waals surface area contributed by atoms with Crippen LogP contribution in [0.15, 0.2) is 24.3 Å². The summed E-state index contributed by atoms with van der Waals surface area (Å²) >= 11 is 0. The number of benzene rings is 1. The van der Waals surface area contributed by atoms with Gasteiger partial charge < -0.3 is 9.84 Å². The highest BCUT2D eigenvalue weighted by Gasteiger charge is 2.01. The maximum absolute atomic E-state index is 10.6.